The van der Waals surface area contributed by atoms with Gasteiger partial charge in [-0.05, 0) is 67.6 Å². The molecule has 35 heavy (non-hydrogen) atoms. The van der Waals surface area contributed by atoms with Crippen LogP contribution in [-0.4, -0.2) is 35.9 Å². The number of carbonyl (C=O) groups excluding carboxylic acids is 1. The molecule has 2 aromatic rings. The number of rotatable bonds is 9. The van der Waals surface area contributed by atoms with Crippen molar-refractivity contribution < 1.29 is 12.5 Å². The van der Waals surface area contributed by atoms with Crippen LogP contribution in [0.3, 0.4) is 0 Å². The highest BCUT2D eigenvalue weighted by molar-refractivity contribution is 6.43. The Morgan fingerprint density at radius 2 is 1.91 bits per heavy atom. The Kier molecular flexibility index (Phi) is 9.25. The van der Waals surface area contributed by atoms with E-state index in [2.05, 4.69) is 22.7 Å². The number of nitrogens with one attached hydrogen (secondary N) is 2. The minimum atomic E-state index is -0.251. The van der Waals surface area contributed by atoms with Gasteiger partial charge >= 0.3 is 0 Å². The number of aliphatic imine (C=N–C) groups is 1. The van der Waals surface area contributed by atoms with Crippen LogP contribution in [0.25, 0.3) is 11.1 Å². The Hall–Kier alpha value is -3.39. The van der Waals surface area contributed by atoms with Crippen LogP contribution < -0.4 is 22.1 Å². The van der Waals surface area contributed by atoms with E-state index in [1.165, 1.54) is 12.3 Å². The second-order valence-corrected chi connectivity index (χ2v) is 9.29. The predicted molar refractivity (Wildman–Crippen MR) is 145 cm³/mol. The Bertz CT molecular complexity index is 1120. The topological polar surface area (TPSA) is 111 Å². The van der Waals surface area contributed by atoms with Crippen molar-refractivity contribution >= 4 is 17.3 Å². The van der Waals surface area contributed by atoms with Crippen LogP contribution in [0, 0.1) is 18.8 Å². The molecule has 8 nitrogen and oxygen atoms in total. The van der Waals surface area contributed by atoms with Crippen molar-refractivity contribution in [2.24, 2.45) is 29.6 Å². The molecule has 0 bridgehead atoms. The van der Waals surface area contributed by atoms with E-state index in [0.29, 0.717) is 24.2 Å². The molecule has 4 N–H and O–H groups in total. The number of anilines is 1. The molecule has 1 aromatic heterocycles. The first-order valence-electron chi connectivity index (χ1n) is 12.1. The molecule has 1 fully saturated rings. The van der Waals surface area contributed by atoms with Crippen molar-refractivity contribution in [2.45, 2.75) is 45.6 Å². The predicted octanol–water partition coefficient (Wildman–Crippen LogP) is 4.05. The van der Waals surface area contributed by atoms with Crippen LogP contribution in [-0.2, 0) is 16.7 Å². The molecule has 1 aliphatic carbocycles. The second-order valence-electron chi connectivity index (χ2n) is 9.29. The lowest BCUT2D eigenvalue weighted by molar-refractivity contribution is -0.116. The second kappa shape index (κ2) is 12.4. The van der Waals surface area contributed by atoms with Gasteiger partial charge in [-0.15, -0.1) is 0 Å². The van der Waals surface area contributed by atoms with Gasteiger partial charge in [-0.2, -0.15) is 0 Å². The first-order valence-corrected chi connectivity index (χ1v) is 12.1. The third-order valence-corrected chi connectivity index (χ3v) is 6.94. The first-order chi connectivity index (χ1) is 16.8. The molecule has 1 aromatic carbocycles. The molecule has 8 heteroatoms. The smallest absolute Gasteiger partial charge is 0.269 e. The fourth-order valence-corrected chi connectivity index (χ4v) is 4.54. The Morgan fingerprint density at radius 1 is 1.23 bits per heavy atom. The Morgan fingerprint density at radius 3 is 2.54 bits per heavy atom. The van der Waals surface area contributed by atoms with Crippen molar-refractivity contribution in [3.8, 4) is 11.1 Å². The molecule has 3 rings (SSSR count). The largest absolute Gasteiger partial charge is 0.405 e. The molecule has 0 saturated heterocycles. The standard InChI is InChI=1S/C27H37N5O3.2H2/c1-18-5-7-21(8-6-18)25(30-27(34)24(29-3)15-16-28)17-35-31-22-11-9-20(10-12-22)23-13-14-26(33)32(4)19(23)2;;/h9-16,18,21,25,31H,5-8,17,28H2,1-4H3,(H,30,34);2*1H/b16-15-,29-24?;;/t18?,21?,25-;;/m1../s1. The first kappa shape index (κ1) is 26.2. The molecular formula is C27H41N5O3. The summed E-state index contributed by atoms with van der Waals surface area (Å²) < 4.78 is 1.64. The fourth-order valence-electron chi connectivity index (χ4n) is 4.54. The summed E-state index contributed by atoms with van der Waals surface area (Å²) in [6.07, 6.45) is 7.21. The summed E-state index contributed by atoms with van der Waals surface area (Å²) in [6, 6.07) is 11.1. The van der Waals surface area contributed by atoms with Crippen molar-refractivity contribution in [1.82, 2.24) is 9.88 Å². The highest BCUT2D eigenvalue weighted by Crippen LogP contribution is 2.31. The van der Waals surface area contributed by atoms with Crippen LogP contribution in [0.4, 0.5) is 5.69 Å². The summed E-state index contributed by atoms with van der Waals surface area (Å²) in [5.74, 6) is 0.800. The van der Waals surface area contributed by atoms with Gasteiger partial charge in [0.1, 0.15) is 5.71 Å². The van der Waals surface area contributed by atoms with Crippen LogP contribution in [0.2, 0.25) is 0 Å². The normalized spacial score (nSPS) is 19.5. The van der Waals surface area contributed by atoms with E-state index < -0.39 is 0 Å². The number of benzene rings is 1. The number of hydrogen-bond donors (Lipinski definition) is 3. The van der Waals surface area contributed by atoms with E-state index in [-0.39, 0.29) is 20.4 Å². The molecule has 1 atom stereocenters. The third-order valence-electron chi connectivity index (χ3n) is 6.94. The average Bonchev–Trinajstić information content (AvgIpc) is 2.86. The number of pyridine rings is 1. The number of amides is 1. The zero-order valence-electron chi connectivity index (χ0n) is 21.1. The number of hydrogen-bond acceptors (Lipinski definition) is 6. The summed E-state index contributed by atoms with van der Waals surface area (Å²) in [5.41, 5.74) is 12.5. The molecule has 192 valence electrons. The zero-order valence-corrected chi connectivity index (χ0v) is 21.1. The van der Waals surface area contributed by atoms with E-state index in [9.17, 15) is 9.59 Å². The summed E-state index contributed by atoms with van der Waals surface area (Å²) in [7, 11) is 3.35. The van der Waals surface area contributed by atoms with Crippen molar-refractivity contribution in [2.75, 3.05) is 19.1 Å². The van der Waals surface area contributed by atoms with Gasteiger partial charge in [-0.3, -0.25) is 24.9 Å². The van der Waals surface area contributed by atoms with Gasteiger partial charge in [-0.25, -0.2) is 0 Å². The molecular weight excluding hydrogens is 442 g/mol. The third kappa shape index (κ3) is 6.82. The van der Waals surface area contributed by atoms with E-state index in [0.717, 1.165) is 48.2 Å². The molecule has 1 amide bonds. The maximum absolute atomic E-state index is 12.7. The minimum Gasteiger partial charge on any atom is -0.405 e. The van der Waals surface area contributed by atoms with Gasteiger partial charge in [0, 0.05) is 34.3 Å². The SMILES string of the molecule is CN=C(/C=C\N)C(=O)N[C@H](CONc1ccc(-c2ccc(=O)n(C)c2C)cc1)C1CCC(C)CC1.[HH].[HH]. The van der Waals surface area contributed by atoms with Gasteiger partial charge in [0.25, 0.3) is 5.91 Å². The van der Waals surface area contributed by atoms with Gasteiger partial charge in [0.05, 0.1) is 18.3 Å². The molecule has 1 heterocycles. The van der Waals surface area contributed by atoms with E-state index >= 15 is 0 Å². The van der Waals surface area contributed by atoms with Gasteiger partial charge in [0.2, 0.25) is 5.56 Å². The van der Waals surface area contributed by atoms with E-state index in [1.807, 2.05) is 37.3 Å². The summed E-state index contributed by atoms with van der Waals surface area (Å²) >= 11 is 0. The maximum Gasteiger partial charge on any atom is 0.269 e. The zero-order chi connectivity index (χ0) is 25.4. The number of nitrogens with two attached hydrogens (primary N) is 1. The molecule has 0 unspecified atom stereocenters. The summed E-state index contributed by atoms with van der Waals surface area (Å²) in [4.78, 5) is 34.4. The summed E-state index contributed by atoms with van der Waals surface area (Å²) in [5, 5.41) is 3.10. The highest BCUT2D eigenvalue weighted by Gasteiger charge is 2.28. The minimum absolute atomic E-state index is 0. The Labute approximate surface area is 210 Å². The van der Waals surface area contributed by atoms with Crippen LogP contribution >= 0.6 is 0 Å². The van der Waals surface area contributed by atoms with Gasteiger partial charge in [-0.1, -0.05) is 31.9 Å². The van der Waals surface area contributed by atoms with E-state index in [1.54, 1.807) is 24.7 Å². The van der Waals surface area contributed by atoms with Crippen molar-refractivity contribution in [3.63, 3.8) is 0 Å². The monoisotopic (exact) mass is 483 g/mol. The highest BCUT2D eigenvalue weighted by atomic mass is 16.6. The lowest BCUT2D eigenvalue weighted by Crippen LogP contribution is -2.47. The number of carbonyl (C=O) groups is 1. The van der Waals surface area contributed by atoms with Crippen LogP contribution in [0.1, 0.15) is 41.2 Å². The van der Waals surface area contributed by atoms with Crippen molar-refractivity contribution in [3.05, 3.63) is 64.7 Å². The summed E-state index contributed by atoms with van der Waals surface area (Å²) in [6.45, 7) is 4.54. The number of aromatic nitrogens is 1. The molecule has 0 spiro atoms. The quantitative estimate of drug-likeness (QED) is 0.368. The van der Waals surface area contributed by atoms with Crippen molar-refractivity contribution in [1.29, 1.82) is 0 Å². The molecule has 0 aliphatic heterocycles. The van der Waals surface area contributed by atoms with E-state index in [4.69, 9.17) is 10.6 Å². The molecule has 1 aliphatic rings. The molecule has 1 saturated carbocycles. The Balaban J connectivity index is 0.00000342. The fraction of sp³-hybridized carbons (Fsp3) is 0.444. The lowest BCUT2D eigenvalue weighted by Gasteiger charge is -2.33. The van der Waals surface area contributed by atoms with Gasteiger partial charge in [0.15, 0.2) is 0 Å². The van der Waals surface area contributed by atoms with Crippen LogP contribution in [0.15, 0.2) is 58.5 Å². The lowest BCUT2D eigenvalue weighted by atomic mass is 9.79. The van der Waals surface area contributed by atoms with Gasteiger partial charge < -0.3 is 15.6 Å². The van der Waals surface area contributed by atoms with Crippen LogP contribution in [0.5, 0.6) is 0 Å². The number of nitrogens with zero attached hydrogens (tertiary/aromatic N) is 2. The molecule has 0 radical (unpaired) electrons. The maximum atomic E-state index is 12.7. The average molecular weight is 484 g/mol.